The molecule has 1 heterocycles. The maximum Gasteiger partial charge on any atom is 0.257 e. The van der Waals surface area contributed by atoms with Crippen molar-refractivity contribution in [3.05, 3.63) is 82.4 Å². The normalized spacial score (nSPS) is 10.8. The fourth-order valence-electron chi connectivity index (χ4n) is 3.42. The number of benzene rings is 3. The third-order valence-electron chi connectivity index (χ3n) is 5.21. The van der Waals surface area contributed by atoms with E-state index in [1.165, 1.54) is 0 Å². The topological polar surface area (TPSA) is 67.2 Å². The van der Waals surface area contributed by atoms with Crippen LogP contribution in [0.15, 0.2) is 59.0 Å². The molecule has 1 aromatic heterocycles. The zero-order valence-electron chi connectivity index (χ0n) is 17.9. The summed E-state index contributed by atoms with van der Waals surface area (Å²) in [6, 6.07) is 17.2. The lowest BCUT2D eigenvalue weighted by atomic mass is 10.1. The smallest absolute Gasteiger partial charge is 0.257 e. The molecule has 0 aliphatic heterocycles. The van der Waals surface area contributed by atoms with Crippen molar-refractivity contribution in [2.75, 3.05) is 5.32 Å². The fraction of sp³-hybridized carbons (Fsp3) is 0.160. The number of oxazole rings is 1. The number of thiocarbonyl (C=S) groups is 1. The molecule has 4 rings (SSSR count). The van der Waals surface area contributed by atoms with Gasteiger partial charge in [-0.15, -0.1) is 0 Å². The van der Waals surface area contributed by atoms with Crippen LogP contribution in [0.1, 0.15) is 32.6 Å². The molecule has 1 amide bonds. The fourth-order valence-corrected chi connectivity index (χ4v) is 3.63. The molecule has 0 spiro atoms. The molecule has 0 saturated carbocycles. The Kier molecular flexibility index (Phi) is 5.57. The number of nitrogens with one attached hydrogen (secondary N) is 2. The van der Waals surface area contributed by atoms with E-state index in [4.69, 9.17) is 16.6 Å². The molecule has 0 aliphatic carbocycles. The molecule has 5 nitrogen and oxygen atoms in total. The predicted molar refractivity (Wildman–Crippen MR) is 129 cm³/mol. The SMILES string of the molecule is Cc1cc(C)c2oc(-c3ccc(NC(=S)NC(=O)c4ccc(C)c(C)c4)cc3)nc2c1. The van der Waals surface area contributed by atoms with Crippen LogP contribution in [0.4, 0.5) is 5.69 Å². The summed E-state index contributed by atoms with van der Waals surface area (Å²) in [6.45, 7) is 8.05. The summed E-state index contributed by atoms with van der Waals surface area (Å²) in [5.41, 5.74) is 8.28. The van der Waals surface area contributed by atoms with Gasteiger partial charge in [0.05, 0.1) is 0 Å². The second-order valence-corrected chi connectivity index (χ2v) is 8.14. The molecular formula is C25H23N3O2S. The van der Waals surface area contributed by atoms with Gasteiger partial charge in [-0.05, 0) is 105 Å². The molecule has 0 atom stereocenters. The zero-order chi connectivity index (χ0) is 22.1. The quantitative estimate of drug-likeness (QED) is 0.400. The highest BCUT2D eigenvalue weighted by atomic mass is 32.1. The number of aryl methyl sites for hydroxylation is 4. The van der Waals surface area contributed by atoms with Crippen LogP contribution in [0.5, 0.6) is 0 Å². The van der Waals surface area contributed by atoms with Crippen molar-refractivity contribution in [2.45, 2.75) is 27.7 Å². The van der Waals surface area contributed by atoms with Gasteiger partial charge in [-0.2, -0.15) is 0 Å². The summed E-state index contributed by atoms with van der Waals surface area (Å²) in [6.07, 6.45) is 0. The number of fused-ring (bicyclic) bond motifs is 1. The minimum atomic E-state index is -0.241. The second-order valence-electron chi connectivity index (χ2n) is 7.73. The van der Waals surface area contributed by atoms with Gasteiger partial charge in [-0.3, -0.25) is 10.1 Å². The average Bonchev–Trinajstić information content (AvgIpc) is 3.15. The van der Waals surface area contributed by atoms with E-state index >= 15 is 0 Å². The Morgan fingerprint density at radius 1 is 0.903 bits per heavy atom. The van der Waals surface area contributed by atoms with E-state index < -0.39 is 0 Å². The monoisotopic (exact) mass is 429 g/mol. The first-order valence-corrected chi connectivity index (χ1v) is 10.4. The molecular weight excluding hydrogens is 406 g/mol. The molecule has 156 valence electrons. The Hall–Kier alpha value is -3.51. The first kappa shape index (κ1) is 20.8. The molecule has 4 aromatic rings. The van der Waals surface area contributed by atoms with Crippen LogP contribution in [0.3, 0.4) is 0 Å². The van der Waals surface area contributed by atoms with Crippen LogP contribution in [-0.4, -0.2) is 16.0 Å². The maximum absolute atomic E-state index is 12.4. The second kappa shape index (κ2) is 8.32. The zero-order valence-corrected chi connectivity index (χ0v) is 18.7. The van der Waals surface area contributed by atoms with Crippen molar-refractivity contribution in [3.63, 3.8) is 0 Å². The van der Waals surface area contributed by atoms with Crippen LogP contribution >= 0.6 is 12.2 Å². The van der Waals surface area contributed by atoms with Crippen molar-refractivity contribution in [1.29, 1.82) is 0 Å². The summed E-state index contributed by atoms with van der Waals surface area (Å²) in [5.74, 6) is 0.329. The van der Waals surface area contributed by atoms with Gasteiger partial charge < -0.3 is 9.73 Å². The Morgan fingerprint density at radius 3 is 2.35 bits per heavy atom. The van der Waals surface area contributed by atoms with Gasteiger partial charge in [0.15, 0.2) is 10.7 Å². The molecule has 3 aromatic carbocycles. The maximum atomic E-state index is 12.4. The number of anilines is 1. The van der Waals surface area contributed by atoms with Crippen LogP contribution in [0.2, 0.25) is 0 Å². The summed E-state index contributed by atoms with van der Waals surface area (Å²) in [4.78, 5) is 17.0. The number of rotatable bonds is 3. The van der Waals surface area contributed by atoms with Crippen LogP contribution in [0, 0.1) is 27.7 Å². The van der Waals surface area contributed by atoms with Crippen LogP contribution in [-0.2, 0) is 0 Å². The predicted octanol–water partition coefficient (Wildman–Crippen LogP) is 5.86. The molecule has 2 N–H and O–H groups in total. The summed E-state index contributed by atoms with van der Waals surface area (Å²) in [5, 5.41) is 6.00. The van der Waals surface area contributed by atoms with Crippen molar-refractivity contribution in [2.24, 2.45) is 0 Å². The van der Waals surface area contributed by atoms with Gasteiger partial charge in [0.25, 0.3) is 5.91 Å². The van der Waals surface area contributed by atoms with E-state index in [2.05, 4.69) is 21.7 Å². The molecule has 6 heteroatoms. The van der Waals surface area contributed by atoms with Crippen molar-refractivity contribution in [3.8, 4) is 11.5 Å². The lowest BCUT2D eigenvalue weighted by Gasteiger charge is -2.10. The largest absolute Gasteiger partial charge is 0.436 e. The Balaban J connectivity index is 1.44. The van der Waals surface area contributed by atoms with Crippen LogP contribution in [0.25, 0.3) is 22.6 Å². The Bertz CT molecular complexity index is 1310. The molecule has 0 bridgehead atoms. The summed E-state index contributed by atoms with van der Waals surface area (Å²) in [7, 11) is 0. The highest BCUT2D eigenvalue weighted by Crippen LogP contribution is 2.28. The van der Waals surface area contributed by atoms with Gasteiger partial charge in [0.2, 0.25) is 5.89 Å². The first-order valence-electron chi connectivity index (χ1n) is 9.98. The summed E-state index contributed by atoms with van der Waals surface area (Å²) >= 11 is 5.29. The molecule has 0 unspecified atom stereocenters. The standard InChI is InChI=1S/C25H23N3O2S/c1-14-11-17(4)22-21(12-14)27-24(30-22)18-7-9-20(10-8-18)26-25(31)28-23(29)19-6-5-15(2)16(3)13-19/h5-13H,1-4H3,(H2,26,28,29,31). The van der Waals surface area contributed by atoms with E-state index in [0.717, 1.165) is 44.6 Å². The Labute approximate surface area is 186 Å². The number of amides is 1. The van der Waals surface area contributed by atoms with E-state index in [1.807, 2.05) is 70.2 Å². The summed E-state index contributed by atoms with van der Waals surface area (Å²) < 4.78 is 5.97. The number of hydrogen-bond acceptors (Lipinski definition) is 4. The third kappa shape index (κ3) is 4.49. The van der Waals surface area contributed by atoms with Gasteiger partial charge in [-0.25, -0.2) is 4.98 Å². The highest BCUT2D eigenvalue weighted by Gasteiger charge is 2.12. The molecule has 0 aliphatic rings. The number of nitrogens with zero attached hydrogens (tertiary/aromatic N) is 1. The van der Waals surface area contributed by atoms with Gasteiger partial charge in [0.1, 0.15) is 5.52 Å². The lowest BCUT2D eigenvalue weighted by molar-refractivity contribution is 0.0977. The number of aromatic nitrogens is 1. The molecule has 0 radical (unpaired) electrons. The molecule has 0 saturated heterocycles. The van der Waals surface area contributed by atoms with E-state index in [0.29, 0.717) is 11.5 Å². The van der Waals surface area contributed by atoms with Gasteiger partial charge >= 0.3 is 0 Å². The first-order chi connectivity index (χ1) is 14.8. The minimum absolute atomic E-state index is 0.240. The highest BCUT2D eigenvalue weighted by molar-refractivity contribution is 7.80. The lowest BCUT2D eigenvalue weighted by Crippen LogP contribution is -2.34. The van der Waals surface area contributed by atoms with Crippen molar-refractivity contribution < 1.29 is 9.21 Å². The van der Waals surface area contributed by atoms with Crippen molar-refractivity contribution in [1.82, 2.24) is 10.3 Å². The number of carbonyl (C=O) groups excluding carboxylic acids is 1. The molecule has 31 heavy (non-hydrogen) atoms. The minimum Gasteiger partial charge on any atom is -0.436 e. The van der Waals surface area contributed by atoms with Crippen molar-refractivity contribution >= 4 is 40.0 Å². The average molecular weight is 430 g/mol. The van der Waals surface area contributed by atoms with E-state index in [-0.39, 0.29) is 11.0 Å². The number of carbonyl (C=O) groups is 1. The van der Waals surface area contributed by atoms with Gasteiger partial charge in [0, 0.05) is 16.8 Å². The third-order valence-corrected chi connectivity index (χ3v) is 5.41. The molecule has 0 fully saturated rings. The van der Waals surface area contributed by atoms with Crippen LogP contribution < -0.4 is 10.6 Å². The van der Waals surface area contributed by atoms with E-state index in [1.54, 1.807) is 6.07 Å². The van der Waals surface area contributed by atoms with Gasteiger partial charge in [-0.1, -0.05) is 12.1 Å². The Morgan fingerprint density at radius 2 is 1.65 bits per heavy atom. The van der Waals surface area contributed by atoms with E-state index in [9.17, 15) is 4.79 Å². The number of hydrogen-bond donors (Lipinski definition) is 2.